The molecule has 0 unspecified atom stereocenters. The second-order valence-electron chi connectivity index (χ2n) is 8.38. The van der Waals surface area contributed by atoms with Crippen molar-refractivity contribution in [2.24, 2.45) is 5.92 Å². The van der Waals surface area contributed by atoms with E-state index in [0.29, 0.717) is 5.92 Å². The predicted molar refractivity (Wildman–Crippen MR) is 114 cm³/mol. The lowest BCUT2D eigenvalue weighted by molar-refractivity contribution is 0.00365. The summed E-state index contributed by atoms with van der Waals surface area (Å²) in [6.45, 7) is 6.14. The van der Waals surface area contributed by atoms with Gasteiger partial charge < -0.3 is 19.9 Å². The summed E-state index contributed by atoms with van der Waals surface area (Å²) < 4.78 is 11.3. The van der Waals surface area contributed by atoms with Gasteiger partial charge in [0.25, 0.3) is 5.91 Å². The van der Waals surface area contributed by atoms with E-state index in [-0.39, 0.29) is 41.6 Å². The Labute approximate surface area is 178 Å². The highest BCUT2D eigenvalue weighted by Crippen LogP contribution is 2.51. The number of methoxy groups -OCH3 is 1. The maximum Gasteiger partial charge on any atom is 0.290 e. The summed E-state index contributed by atoms with van der Waals surface area (Å²) in [4.78, 5) is 12.9. The summed E-state index contributed by atoms with van der Waals surface area (Å²) >= 11 is 0. The smallest absolute Gasteiger partial charge is 0.290 e. The highest BCUT2D eigenvalue weighted by Gasteiger charge is 2.53. The Morgan fingerprint density at radius 1 is 1.34 bits per heavy atom. The van der Waals surface area contributed by atoms with Crippen molar-refractivity contribution >= 4 is 18.3 Å². The summed E-state index contributed by atoms with van der Waals surface area (Å²) in [7, 11) is 1.74. The lowest BCUT2D eigenvalue weighted by Crippen LogP contribution is -2.49. The van der Waals surface area contributed by atoms with Gasteiger partial charge in [-0.3, -0.25) is 4.79 Å². The van der Waals surface area contributed by atoms with E-state index in [1.165, 1.54) is 5.56 Å². The third-order valence-corrected chi connectivity index (χ3v) is 6.12. The predicted octanol–water partition coefficient (Wildman–Crippen LogP) is 3.42. The average Bonchev–Trinajstić information content (AvgIpc) is 3.24. The Morgan fingerprint density at radius 3 is 2.76 bits per heavy atom. The third kappa shape index (κ3) is 3.93. The molecule has 2 aromatic rings. The molecule has 0 saturated carbocycles. The highest BCUT2D eigenvalue weighted by molar-refractivity contribution is 5.92. The molecule has 2 heterocycles. The fourth-order valence-corrected chi connectivity index (χ4v) is 4.94. The molecule has 4 rings (SSSR count). The van der Waals surface area contributed by atoms with Gasteiger partial charge in [0.1, 0.15) is 0 Å². The third-order valence-electron chi connectivity index (χ3n) is 6.12. The zero-order valence-corrected chi connectivity index (χ0v) is 18.1. The number of halogens is 1. The number of rotatable bonds is 5. The van der Waals surface area contributed by atoms with Gasteiger partial charge in [0.2, 0.25) is 5.76 Å². The number of benzene rings is 1. The molecule has 1 amide bonds. The van der Waals surface area contributed by atoms with E-state index in [9.17, 15) is 4.79 Å². The van der Waals surface area contributed by atoms with Gasteiger partial charge in [-0.25, -0.2) is 0 Å². The molecule has 6 nitrogen and oxygen atoms in total. The first-order valence-electron chi connectivity index (χ1n) is 10.1. The molecule has 1 spiro atoms. The van der Waals surface area contributed by atoms with Crippen molar-refractivity contribution in [2.75, 3.05) is 20.2 Å². The number of amides is 1. The number of hydrogen-bond donors (Lipinski definition) is 2. The number of nitrogens with zero attached hydrogens (tertiary/aromatic N) is 1. The van der Waals surface area contributed by atoms with E-state index in [2.05, 4.69) is 47.8 Å². The lowest BCUT2D eigenvalue weighted by Gasteiger charge is -2.40. The van der Waals surface area contributed by atoms with Gasteiger partial charge in [-0.1, -0.05) is 43.3 Å². The Bertz CT molecular complexity index is 845. The number of aromatic nitrogens is 1. The Kier molecular flexibility index (Phi) is 6.66. The number of fused-ring (bicyclic) bond motifs is 2. The minimum Gasteiger partial charge on any atom is -0.378 e. The van der Waals surface area contributed by atoms with Crippen LogP contribution in [-0.2, 0) is 16.6 Å². The standard InChI is InChI=1S/C22H29N3O3.ClH/c1-14(2)12-15-13-18(28-25-15)21(26)24-19-16-6-4-5-7-17(16)22(20(19)27-3)8-10-23-11-9-22;/h4-7,13-14,19-20,23H,8-12H2,1-3H3,(H,24,26);1H/t19-,20+;/m1./s1. The number of carbonyl (C=O) groups excluding carboxylic acids is 1. The van der Waals surface area contributed by atoms with E-state index in [1.807, 2.05) is 6.07 Å². The normalized spacial score (nSPS) is 22.3. The zero-order valence-electron chi connectivity index (χ0n) is 17.2. The monoisotopic (exact) mass is 419 g/mol. The van der Waals surface area contributed by atoms with Crippen LogP contribution in [0.25, 0.3) is 0 Å². The van der Waals surface area contributed by atoms with Crippen molar-refractivity contribution in [3.8, 4) is 0 Å². The molecule has 0 bridgehead atoms. The van der Waals surface area contributed by atoms with Gasteiger partial charge in [-0.05, 0) is 49.4 Å². The fraction of sp³-hybridized carbons (Fsp3) is 0.545. The molecule has 29 heavy (non-hydrogen) atoms. The van der Waals surface area contributed by atoms with E-state index in [1.54, 1.807) is 13.2 Å². The fourth-order valence-electron chi connectivity index (χ4n) is 4.94. The molecule has 2 aliphatic rings. The minimum absolute atomic E-state index is 0. The zero-order chi connectivity index (χ0) is 19.7. The molecule has 7 heteroatoms. The first kappa shape index (κ1) is 21.8. The molecule has 1 aliphatic heterocycles. The lowest BCUT2D eigenvalue weighted by atomic mass is 9.72. The summed E-state index contributed by atoms with van der Waals surface area (Å²) in [5, 5.41) is 10.7. The Hall–Kier alpha value is -1.89. The molecular formula is C22H30ClN3O3. The number of ether oxygens (including phenoxy) is 1. The van der Waals surface area contributed by atoms with Gasteiger partial charge in [-0.15, -0.1) is 12.4 Å². The molecule has 1 aliphatic carbocycles. The van der Waals surface area contributed by atoms with Crippen LogP contribution < -0.4 is 10.6 Å². The molecule has 1 fully saturated rings. The van der Waals surface area contributed by atoms with Gasteiger partial charge in [-0.2, -0.15) is 0 Å². The van der Waals surface area contributed by atoms with Gasteiger partial charge in [0, 0.05) is 18.6 Å². The van der Waals surface area contributed by atoms with E-state index in [4.69, 9.17) is 9.26 Å². The first-order valence-corrected chi connectivity index (χ1v) is 10.1. The Morgan fingerprint density at radius 2 is 2.07 bits per heavy atom. The van der Waals surface area contributed by atoms with Crippen LogP contribution in [0.2, 0.25) is 0 Å². The largest absolute Gasteiger partial charge is 0.378 e. The minimum atomic E-state index is -0.240. The quantitative estimate of drug-likeness (QED) is 0.776. The van der Waals surface area contributed by atoms with Gasteiger partial charge >= 0.3 is 0 Å². The topological polar surface area (TPSA) is 76.4 Å². The number of hydrogen-bond acceptors (Lipinski definition) is 5. The highest BCUT2D eigenvalue weighted by atomic mass is 35.5. The summed E-state index contributed by atoms with van der Waals surface area (Å²) in [5.41, 5.74) is 3.18. The summed E-state index contributed by atoms with van der Waals surface area (Å²) in [5.74, 6) is 0.477. The number of carbonyl (C=O) groups is 1. The van der Waals surface area contributed by atoms with Crippen LogP contribution in [-0.4, -0.2) is 37.4 Å². The van der Waals surface area contributed by atoms with Gasteiger partial charge in [0.05, 0.1) is 17.8 Å². The molecule has 2 N–H and O–H groups in total. The molecule has 1 saturated heterocycles. The van der Waals surface area contributed by atoms with E-state index < -0.39 is 0 Å². The second kappa shape index (κ2) is 8.86. The van der Waals surface area contributed by atoms with E-state index >= 15 is 0 Å². The van der Waals surface area contributed by atoms with Crippen molar-refractivity contribution < 1.29 is 14.1 Å². The molecular weight excluding hydrogens is 390 g/mol. The second-order valence-corrected chi connectivity index (χ2v) is 8.38. The van der Waals surface area contributed by atoms with Crippen LogP contribution in [0.4, 0.5) is 0 Å². The molecule has 1 aromatic heterocycles. The molecule has 2 atom stereocenters. The van der Waals surface area contributed by atoms with Crippen molar-refractivity contribution in [1.82, 2.24) is 15.8 Å². The maximum atomic E-state index is 12.9. The average molecular weight is 420 g/mol. The Balaban J connectivity index is 0.00000240. The van der Waals surface area contributed by atoms with Crippen LogP contribution >= 0.6 is 12.4 Å². The van der Waals surface area contributed by atoms with E-state index in [0.717, 1.165) is 43.6 Å². The van der Waals surface area contributed by atoms with Crippen molar-refractivity contribution in [3.05, 3.63) is 52.9 Å². The van der Waals surface area contributed by atoms with Crippen LogP contribution in [0.5, 0.6) is 0 Å². The van der Waals surface area contributed by atoms with Crippen molar-refractivity contribution in [2.45, 2.75) is 50.7 Å². The summed E-state index contributed by atoms with van der Waals surface area (Å²) in [6, 6.07) is 9.94. The van der Waals surface area contributed by atoms with Crippen LogP contribution in [0.1, 0.15) is 60.1 Å². The van der Waals surface area contributed by atoms with Crippen LogP contribution in [0.15, 0.2) is 34.9 Å². The van der Waals surface area contributed by atoms with Crippen LogP contribution in [0.3, 0.4) is 0 Å². The first-order chi connectivity index (χ1) is 13.5. The van der Waals surface area contributed by atoms with Gasteiger partial charge in [0.15, 0.2) is 0 Å². The number of piperidine rings is 1. The molecule has 0 radical (unpaired) electrons. The molecule has 1 aromatic carbocycles. The number of nitrogens with one attached hydrogen (secondary N) is 2. The van der Waals surface area contributed by atoms with Crippen molar-refractivity contribution in [1.29, 1.82) is 0 Å². The summed E-state index contributed by atoms with van der Waals surface area (Å²) in [6.07, 6.45) is 2.68. The molecule has 158 valence electrons. The maximum absolute atomic E-state index is 12.9. The van der Waals surface area contributed by atoms with Crippen molar-refractivity contribution in [3.63, 3.8) is 0 Å². The van der Waals surface area contributed by atoms with Crippen LogP contribution in [0, 0.1) is 5.92 Å². The SMILES string of the molecule is CO[C@H]1[C@H](NC(=O)c2cc(CC(C)C)no2)c2ccccc2C12CCNCC2.Cl.